The highest BCUT2D eigenvalue weighted by Crippen LogP contribution is 2.29. The summed E-state index contributed by atoms with van der Waals surface area (Å²) in [6.45, 7) is 1.03. The van der Waals surface area contributed by atoms with Crippen LogP contribution in [0, 0.1) is 5.92 Å². The number of carbonyl (C=O) groups excluding carboxylic acids is 3. The highest BCUT2D eigenvalue weighted by Gasteiger charge is 2.35. The predicted octanol–water partition coefficient (Wildman–Crippen LogP) is 2.81. The van der Waals surface area contributed by atoms with Crippen LogP contribution in [0.25, 0.3) is 0 Å². The van der Waals surface area contributed by atoms with Gasteiger partial charge in [0.2, 0.25) is 17.7 Å². The second kappa shape index (κ2) is 7.95. The standard InChI is InChI=1S/C22H23N3O4/c1-29-19-9-7-17(8-10-19)25-14-15(12-21(25)27)22(28)23-16-4-2-5-18(13-16)24-11-3-6-20(24)26/h2,4-5,7-10,13,15H,3,6,11-12,14H2,1H3,(H,23,28). The van der Waals surface area contributed by atoms with Crippen molar-refractivity contribution >= 4 is 34.8 Å². The molecule has 2 aromatic carbocycles. The Labute approximate surface area is 169 Å². The van der Waals surface area contributed by atoms with Crippen molar-refractivity contribution in [1.82, 2.24) is 0 Å². The van der Waals surface area contributed by atoms with Crippen molar-refractivity contribution in [3.63, 3.8) is 0 Å². The summed E-state index contributed by atoms with van der Waals surface area (Å²) in [5.41, 5.74) is 2.16. The van der Waals surface area contributed by atoms with Gasteiger partial charge in [-0.05, 0) is 48.9 Å². The van der Waals surface area contributed by atoms with E-state index in [0.29, 0.717) is 30.9 Å². The molecule has 0 aliphatic carbocycles. The van der Waals surface area contributed by atoms with E-state index in [9.17, 15) is 14.4 Å². The van der Waals surface area contributed by atoms with Gasteiger partial charge in [-0.25, -0.2) is 0 Å². The molecule has 0 aromatic heterocycles. The van der Waals surface area contributed by atoms with Crippen molar-refractivity contribution in [1.29, 1.82) is 0 Å². The van der Waals surface area contributed by atoms with E-state index in [-0.39, 0.29) is 24.1 Å². The zero-order valence-electron chi connectivity index (χ0n) is 16.3. The van der Waals surface area contributed by atoms with Gasteiger partial charge in [-0.1, -0.05) is 6.07 Å². The number of nitrogens with zero attached hydrogens (tertiary/aromatic N) is 2. The molecule has 3 amide bonds. The number of carbonyl (C=O) groups is 3. The lowest BCUT2D eigenvalue weighted by Crippen LogP contribution is -2.28. The molecule has 0 spiro atoms. The van der Waals surface area contributed by atoms with Crippen LogP contribution in [0.3, 0.4) is 0 Å². The Hall–Kier alpha value is -3.35. The Bertz CT molecular complexity index is 941. The van der Waals surface area contributed by atoms with Gasteiger partial charge in [-0.3, -0.25) is 14.4 Å². The van der Waals surface area contributed by atoms with E-state index in [1.807, 2.05) is 24.3 Å². The Morgan fingerprint density at radius 2 is 1.83 bits per heavy atom. The molecule has 7 nitrogen and oxygen atoms in total. The van der Waals surface area contributed by atoms with E-state index in [2.05, 4.69) is 5.32 Å². The first-order valence-electron chi connectivity index (χ1n) is 9.71. The minimum atomic E-state index is -0.429. The topological polar surface area (TPSA) is 79.0 Å². The summed E-state index contributed by atoms with van der Waals surface area (Å²) in [5, 5.41) is 2.90. The summed E-state index contributed by atoms with van der Waals surface area (Å²) in [6.07, 6.45) is 1.57. The van der Waals surface area contributed by atoms with Crippen LogP contribution in [-0.4, -0.2) is 37.9 Å². The number of ether oxygens (including phenoxy) is 1. The van der Waals surface area contributed by atoms with Gasteiger partial charge in [0.25, 0.3) is 0 Å². The molecule has 4 rings (SSSR count). The van der Waals surface area contributed by atoms with Crippen LogP contribution in [0.2, 0.25) is 0 Å². The molecular weight excluding hydrogens is 370 g/mol. The van der Waals surface area contributed by atoms with Crippen LogP contribution >= 0.6 is 0 Å². The van der Waals surface area contributed by atoms with Crippen LogP contribution in [0.4, 0.5) is 17.1 Å². The molecule has 2 aliphatic heterocycles. The number of rotatable bonds is 5. The number of benzene rings is 2. The highest BCUT2D eigenvalue weighted by atomic mass is 16.5. The van der Waals surface area contributed by atoms with Gasteiger partial charge in [0.05, 0.1) is 13.0 Å². The van der Waals surface area contributed by atoms with Crippen molar-refractivity contribution in [2.45, 2.75) is 19.3 Å². The second-order valence-electron chi connectivity index (χ2n) is 7.29. The second-order valence-corrected chi connectivity index (χ2v) is 7.29. The number of amides is 3. The maximum atomic E-state index is 12.7. The van der Waals surface area contributed by atoms with E-state index in [4.69, 9.17) is 4.74 Å². The summed E-state index contributed by atoms with van der Waals surface area (Å²) in [7, 11) is 1.59. The van der Waals surface area contributed by atoms with E-state index in [1.165, 1.54) is 0 Å². The van der Waals surface area contributed by atoms with Gasteiger partial charge in [0.15, 0.2) is 0 Å². The average Bonchev–Trinajstić information content (AvgIpc) is 3.34. The maximum absolute atomic E-state index is 12.7. The third kappa shape index (κ3) is 3.94. The summed E-state index contributed by atoms with van der Waals surface area (Å²) in [5.74, 6) is 0.115. The monoisotopic (exact) mass is 393 g/mol. The van der Waals surface area contributed by atoms with Crippen molar-refractivity contribution < 1.29 is 19.1 Å². The third-order valence-corrected chi connectivity index (χ3v) is 5.38. The molecule has 29 heavy (non-hydrogen) atoms. The van der Waals surface area contributed by atoms with E-state index >= 15 is 0 Å². The van der Waals surface area contributed by atoms with Crippen LogP contribution in [-0.2, 0) is 14.4 Å². The maximum Gasteiger partial charge on any atom is 0.229 e. The minimum absolute atomic E-state index is 0.0771. The zero-order valence-corrected chi connectivity index (χ0v) is 16.3. The molecule has 7 heteroatoms. The van der Waals surface area contributed by atoms with Crippen LogP contribution in [0.5, 0.6) is 5.75 Å². The van der Waals surface area contributed by atoms with Crippen molar-refractivity contribution in [3.8, 4) is 5.75 Å². The van der Waals surface area contributed by atoms with E-state index in [1.54, 1.807) is 41.2 Å². The Balaban J connectivity index is 1.42. The minimum Gasteiger partial charge on any atom is -0.497 e. The summed E-state index contributed by atoms with van der Waals surface area (Å²) in [6, 6.07) is 14.5. The van der Waals surface area contributed by atoms with Gasteiger partial charge in [-0.15, -0.1) is 0 Å². The SMILES string of the molecule is COc1ccc(N2CC(C(=O)Nc3cccc(N4CCCC4=O)c3)CC2=O)cc1. The molecule has 0 bridgehead atoms. The molecule has 2 saturated heterocycles. The lowest BCUT2D eigenvalue weighted by atomic mass is 10.1. The fourth-order valence-corrected chi connectivity index (χ4v) is 3.81. The molecule has 1 atom stereocenters. The number of hydrogen-bond donors (Lipinski definition) is 1. The third-order valence-electron chi connectivity index (χ3n) is 5.38. The molecule has 2 aliphatic rings. The van der Waals surface area contributed by atoms with Crippen molar-refractivity contribution in [3.05, 3.63) is 48.5 Å². The summed E-state index contributed by atoms with van der Waals surface area (Å²) >= 11 is 0. The Kier molecular flexibility index (Phi) is 5.20. The average molecular weight is 393 g/mol. The molecule has 2 heterocycles. The number of hydrogen-bond acceptors (Lipinski definition) is 4. The fourth-order valence-electron chi connectivity index (χ4n) is 3.81. The van der Waals surface area contributed by atoms with Crippen LogP contribution in [0.1, 0.15) is 19.3 Å². The number of methoxy groups -OCH3 is 1. The van der Waals surface area contributed by atoms with Crippen molar-refractivity contribution in [2.75, 3.05) is 35.3 Å². The largest absolute Gasteiger partial charge is 0.497 e. The fraction of sp³-hybridized carbons (Fsp3) is 0.318. The first-order valence-corrected chi connectivity index (χ1v) is 9.71. The van der Waals surface area contributed by atoms with E-state index < -0.39 is 5.92 Å². The molecule has 0 saturated carbocycles. The normalized spacial score (nSPS) is 19.0. The molecule has 1 unspecified atom stereocenters. The first kappa shape index (κ1) is 19.0. The van der Waals surface area contributed by atoms with Crippen molar-refractivity contribution in [2.24, 2.45) is 5.92 Å². The molecule has 2 aromatic rings. The number of anilines is 3. The zero-order chi connectivity index (χ0) is 20.4. The van der Waals surface area contributed by atoms with Gasteiger partial charge < -0.3 is 19.9 Å². The molecular formula is C22H23N3O4. The molecule has 1 N–H and O–H groups in total. The van der Waals surface area contributed by atoms with E-state index in [0.717, 1.165) is 17.8 Å². The molecule has 0 radical (unpaired) electrons. The quantitative estimate of drug-likeness (QED) is 0.847. The van der Waals surface area contributed by atoms with Gasteiger partial charge in [0.1, 0.15) is 5.75 Å². The van der Waals surface area contributed by atoms with Gasteiger partial charge in [0, 0.05) is 43.0 Å². The predicted molar refractivity (Wildman–Crippen MR) is 110 cm³/mol. The summed E-state index contributed by atoms with van der Waals surface area (Å²) < 4.78 is 5.15. The van der Waals surface area contributed by atoms with Crippen LogP contribution in [0.15, 0.2) is 48.5 Å². The first-order chi connectivity index (χ1) is 14.0. The van der Waals surface area contributed by atoms with Gasteiger partial charge >= 0.3 is 0 Å². The lowest BCUT2D eigenvalue weighted by Gasteiger charge is -2.18. The molecule has 2 fully saturated rings. The smallest absolute Gasteiger partial charge is 0.229 e. The highest BCUT2D eigenvalue weighted by molar-refractivity contribution is 6.04. The Morgan fingerprint density at radius 1 is 1.03 bits per heavy atom. The lowest BCUT2D eigenvalue weighted by molar-refractivity contribution is -0.122. The number of nitrogens with one attached hydrogen (secondary N) is 1. The van der Waals surface area contributed by atoms with Crippen LogP contribution < -0.4 is 19.9 Å². The summed E-state index contributed by atoms with van der Waals surface area (Å²) in [4.78, 5) is 40.5. The Morgan fingerprint density at radius 3 is 2.52 bits per heavy atom. The van der Waals surface area contributed by atoms with Gasteiger partial charge in [-0.2, -0.15) is 0 Å². The molecule has 150 valence electrons.